The van der Waals surface area contributed by atoms with Crippen molar-refractivity contribution in [2.75, 3.05) is 14.2 Å². The molecule has 0 saturated heterocycles. The standard InChI is InChI=1S/C12H14O5/c1-16-10(11(13)14)7-8-5-3-4-6-9(8)12(15)17-2/h3-6,10H,7H2,1-2H3,(H,13,14). The fourth-order valence-electron chi connectivity index (χ4n) is 1.48. The molecule has 0 aliphatic carbocycles. The van der Waals surface area contributed by atoms with Crippen molar-refractivity contribution in [3.05, 3.63) is 35.4 Å². The molecule has 1 N–H and O–H groups in total. The predicted molar refractivity (Wildman–Crippen MR) is 59.9 cm³/mol. The Morgan fingerprint density at radius 3 is 2.47 bits per heavy atom. The molecule has 1 aromatic carbocycles. The van der Waals surface area contributed by atoms with Crippen molar-refractivity contribution in [1.82, 2.24) is 0 Å². The zero-order chi connectivity index (χ0) is 12.8. The largest absolute Gasteiger partial charge is 0.479 e. The second kappa shape index (κ2) is 6.00. The van der Waals surface area contributed by atoms with E-state index in [0.717, 1.165) is 0 Å². The quantitative estimate of drug-likeness (QED) is 0.778. The molecule has 0 bridgehead atoms. The number of rotatable bonds is 5. The summed E-state index contributed by atoms with van der Waals surface area (Å²) in [6.07, 6.45) is -0.849. The molecule has 1 atom stereocenters. The molecule has 5 nitrogen and oxygen atoms in total. The number of hydrogen-bond donors (Lipinski definition) is 1. The SMILES string of the molecule is COC(=O)c1ccccc1CC(OC)C(=O)O. The molecule has 0 radical (unpaired) electrons. The van der Waals surface area contributed by atoms with Gasteiger partial charge >= 0.3 is 11.9 Å². The van der Waals surface area contributed by atoms with Gasteiger partial charge in [0.1, 0.15) is 0 Å². The van der Waals surface area contributed by atoms with Gasteiger partial charge in [-0.2, -0.15) is 0 Å². The number of ether oxygens (including phenoxy) is 2. The lowest BCUT2D eigenvalue weighted by molar-refractivity contribution is -0.148. The van der Waals surface area contributed by atoms with Gasteiger partial charge in [0, 0.05) is 13.5 Å². The first kappa shape index (κ1) is 13.2. The van der Waals surface area contributed by atoms with Crippen molar-refractivity contribution in [3.63, 3.8) is 0 Å². The van der Waals surface area contributed by atoms with Crippen LogP contribution in [0.3, 0.4) is 0 Å². The van der Waals surface area contributed by atoms with Gasteiger partial charge in [-0.15, -0.1) is 0 Å². The van der Waals surface area contributed by atoms with Gasteiger partial charge in [-0.3, -0.25) is 0 Å². The van der Waals surface area contributed by atoms with Gasteiger partial charge in [-0.05, 0) is 11.6 Å². The minimum absolute atomic E-state index is 0.122. The van der Waals surface area contributed by atoms with Gasteiger partial charge in [-0.25, -0.2) is 9.59 Å². The summed E-state index contributed by atoms with van der Waals surface area (Å²) in [6.45, 7) is 0. The molecule has 0 spiro atoms. The van der Waals surface area contributed by atoms with Crippen molar-refractivity contribution in [1.29, 1.82) is 0 Å². The van der Waals surface area contributed by atoms with Crippen LogP contribution in [-0.2, 0) is 20.7 Å². The Labute approximate surface area is 99.0 Å². The van der Waals surface area contributed by atoms with Crippen LogP contribution in [0.5, 0.6) is 0 Å². The molecule has 1 aromatic rings. The first-order chi connectivity index (χ1) is 8.10. The van der Waals surface area contributed by atoms with Crippen LogP contribution in [0, 0.1) is 0 Å². The fourth-order valence-corrected chi connectivity index (χ4v) is 1.48. The number of aliphatic carboxylic acids is 1. The van der Waals surface area contributed by atoms with E-state index in [9.17, 15) is 9.59 Å². The summed E-state index contributed by atoms with van der Waals surface area (Å²) in [5.41, 5.74) is 0.951. The van der Waals surface area contributed by atoms with E-state index in [0.29, 0.717) is 11.1 Å². The lowest BCUT2D eigenvalue weighted by Crippen LogP contribution is -2.25. The summed E-state index contributed by atoms with van der Waals surface area (Å²) < 4.78 is 9.46. The zero-order valence-electron chi connectivity index (χ0n) is 9.67. The maximum Gasteiger partial charge on any atom is 0.338 e. The van der Waals surface area contributed by atoms with Crippen LogP contribution in [0.25, 0.3) is 0 Å². The van der Waals surface area contributed by atoms with Gasteiger partial charge < -0.3 is 14.6 Å². The monoisotopic (exact) mass is 238 g/mol. The number of methoxy groups -OCH3 is 2. The van der Waals surface area contributed by atoms with Gasteiger partial charge in [0.2, 0.25) is 0 Å². The number of carbonyl (C=O) groups is 2. The van der Waals surface area contributed by atoms with Crippen LogP contribution in [0.15, 0.2) is 24.3 Å². The molecule has 5 heteroatoms. The van der Waals surface area contributed by atoms with Crippen molar-refractivity contribution < 1.29 is 24.2 Å². The molecule has 0 amide bonds. The van der Waals surface area contributed by atoms with Crippen LogP contribution in [0.4, 0.5) is 0 Å². The number of carbonyl (C=O) groups excluding carboxylic acids is 1. The predicted octanol–water partition coefficient (Wildman–Crippen LogP) is 1.12. The number of carboxylic acid groups (broad SMARTS) is 1. The highest BCUT2D eigenvalue weighted by Gasteiger charge is 2.20. The molecule has 0 aromatic heterocycles. The molecule has 0 aliphatic heterocycles. The van der Waals surface area contributed by atoms with Gasteiger partial charge in [0.25, 0.3) is 0 Å². The highest BCUT2D eigenvalue weighted by molar-refractivity contribution is 5.91. The average molecular weight is 238 g/mol. The van der Waals surface area contributed by atoms with E-state index in [1.165, 1.54) is 14.2 Å². The van der Waals surface area contributed by atoms with Crippen molar-refractivity contribution in [3.8, 4) is 0 Å². The first-order valence-corrected chi connectivity index (χ1v) is 5.02. The maximum atomic E-state index is 11.5. The third kappa shape index (κ3) is 3.29. The Bertz CT molecular complexity index is 413. The van der Waals surface area contributed by atoms with Crippen molar-refractivity contribution in [2.45, 2.75) is 12.5 Å². The van der Waals surface area contributed by atoms with Gasteiger partial charge in [0.15, 0.2) is 6.10 Å². The average Bonchev–Trinajstić information content (AvgIpc) is 2.35. The molecule has 0 fully saturated rings. The number of esters is 1. The number of carboxylic acids is 1. The smallest absolute Gasteiger partial charge is 0.338 e. The number of benzene rings is 1. The first-order valence-electron chi connectivity index (χ1n) is 5.02. The Morgan fingerprint density at radius 1 is 1.29 bits per heavy atom. The molecule has 92 valence electrons. The second-order valence-corrected chi connectivity index (χ2v) is 3.42. The van der Waals surface area contributed by atoms with E-state index in [1.54, 1.807) is 24.3 Å². The second-order valence-electron chi connectivity index (χ2n) is 3.42. The van der Waals surface area contributed by atoms with Gasteiger partial charge in [0.05, 0.1) is 12.7 Å². The summed E-state index contributed by atoms with van der Waals surface area (Å²) in [5, 5.41) is 8.88. The fraction of sp³-hybridized carbons (Fsp3) is 0.333. The summed E-state index contributed by atoms with van der Waals surface area (Å²) >= 11 is 0. The highest BCUT2D eigenvalue weighted by Crippen LogP contribution is 2.13. The van der Waals surface area contributed by atoms with Crippen LogP contribution in [0.1, 0.15) is 15.9 Å². The summed E-state index contributed by atoms with van der Waals surface area (Å²) in [7, 11) is 2.60. The molecule has 17 heavy (non-hydrogen) atoms. The minimum atomic E-state index is -1.06. The van der Waals surface area contributed by atoms with Crippen LogP contribution in [0.2, 0.25) is 0 Å². The van der Waals surface area contributed by atoms with Crippen molar-refractivity contribution >= 4 is 11.9 Å². The molecule has 0 saturated carbocycles. The number of hydrogen-bond acceptors (Lipinski definition) is 4. The normalized spacial score (nSPS) is 11.9. The molecule has 1 unspecified atom stereocenters. The molecular formula is C12H14O5. The van der Waals surface area contributed by atoms with Crippen LogP contribution < -0.4 is 0 Å². The summed E-state index contributed by atoms with van der Waals surface area (Å²) in [4.78, 5) is 22.3. The zero-order valence-corrected chi connectivity index (χ0v) is 9.67. The Kier molecular flexibility index (Phi) is 4.66. The van der Waals surface area contributed by atoms with E-state index in [-0.39, 0.29) is 6.42 Å². The highest BCUT2D eigenvalue weighted by atomic mass is 16.5. The summed E-state index contributed by atoms with van der Waals surface area (Å²) in [6, 6.07) is 6.70. The van der Waals surface area contributed by atoms with Crippen LogP contribution in [-0.4, -0.2) is 37.4 Å². The van der Waals surface area contributed by atoms with Gasteiger partial charge in [-0.1, -0.05) is 18.2 Å². The van der Waals surface area contributed by atoms with E-state index >= 15 is 0 Å². The third-order valence-corrected chi connectivity index (χ3v) is 2.39. The molecule has 0 aliphatic rings. The topological polar surface area (TPSA) is 72.8 Å². The van der Waals surface area contributed by atoms with E-state index in [1.807, 2.05) is 0 Å². The Balaban J connectivity index is 2.97. The molecular weight excluding hydrogens is 224 g/mol. The minimum Gasteiger partial charge on any atom is -0.479 e. The lowest BCUT2D eigenvalue weighted by atomic mass is 10.0. The Hall–Kier alpha value is -1.88. The summed E-state index contributed by atoms with van der Waals surface area (Å²) in [5.74, 6) is -1.55. The van der Waals surface area contributed by atoms with Crippen LogP contribution >= 0.6 is 0 Å². The van der Waals surface area contributed by atoms with E-state index < -0.39 is 18.0 Å². The van der Waals surface area contributed by atoms with E-state index in [4.69, 9.17) is 9.84 Å². The maximum absolute atomic E-state index is 11.5. The molecule has 0 heterocycles. The van der Waals surface area contributed by atoms with Crippen molar-refractivity contribution in [2.24, 2.45) is 0 Å². The lowest BCUT2D eigenvalue weighted by Gasteiger charge is -2.12. The van der Waals surface area contributed by atoms with E-state index in [2.05, 4.69) is 4.74 Å². The third-order valence-electron chi connectivity index (χ3n) is 2.39. The Morgan fingerprint density at radius 2 is 1.94 bits per heavy atom. The molecule has 1 rings (SSSR count).